The minimum absolute atomic E-state index is 0.215. The second kappa shape index (κ2) is 3.56. The van der Waals surface area contributed by atoms with Gasteiger partial charge in [-0.3, -0.25) is 10.1 Å². The molecule has 1 fully saturated rings. The van der Waals surface area contributed by atoms with Gasteiger partial charge >= 0.3 is 6.03 Å². The van der Waals surface area contributed by atoms with E-state index in [1.54, 1.807) is 6.07 Å². The molecule has 1 saturated heterocycles. The highest BCUT2D eigenvalue weighted by atomic mass is 16.3. The Kier molecular flexibility index (Phi) is 2.04. The monoisotopic (exact) mass is 242 g/mol. The number of nitrogens with zero attached hydrogens (tertiary/aromatic N) is 2. The van der Waals surface area contributed by atoms with Gasteiger partial charge in [-0.2, -0.15) is 5.26 Å². The van der Waals surface area contributed by atoms with Crippen LogP contribution in [0.2, 0.25) is 0 Å². The minimum Gasteiger partial charge on any atom is -0.458 e. The fourth-order valence-corrected chi connectivity index (χ4v) is 1.83. The summed E-state index contributed by atoms with van der Waals surface area (Å²) in [6.07, 6.45) is 1.45. The number of furan rings is 1. The molecule has 1 atom stereocenters. The number of hydrogen-bond acceptors (Lipinski definition) is 5. The van der Waals surface area contributed by atoms with Gasteiger partial charge in [0, 0.05) is 6.20 Å². The fourth-order valence-electron chi connectivity index (χ4n) is 1.83. The molecule has 2 N–H and O–H groups in total. The standard InChI is InChI=1S/C11H6N4O3/c12-4-6-5-3-8(18-7(5)1-2-13-6)9-10(16)15-11(17)14-9/h1-3,9H,(H2,14,15,16,17). The lowest BCUT2D eigenvalue weighted by molar-refractivity contribution is -0.120. The normalized spacial score (nSPS) is 18.5. The zero-order valence-corrected chi connectivity index (χ0v) is 8.93. The summed E-state index contributed by atoms with van der Waals surface area (Å²) in [6.45, 7) is 0. The molecular weight excluding hydrogens is 236 g/mol. The van der Waals surface area contributed by atoms with Crippen LogP contribution in [0, 0.1) is 11.3 Å². The van der Waals surface area contributed by atoms with Crippen LogP contribution in [-0.2, 0) is 4.79 Å². The Balaban J connectivity index is 2.12. The molecule has 1 aliphatic heterocycles. The number of carbonyl (C=O) groups excluding carboxylic acids is 2. The van der Waals surface area contributed by atoms with E-state index in [1.807, 2.05) is 6.07 Å². The second-order valence-electron chi connectivity index (χ2n) is 3.73. The van der Waals surface area contributed by atoms with Crippen LogP contribution in [-0.4, -0.2) is 16.9 Å². The number of amides is 3. The summed E-state index contributed by atoms with van der Waals surface area (Å²) in [6, 6.07) is 3.63. The quantitative estimate of drug-likeness (QED) is 0.711. The number of fused-ring (bicyclic) bond motifs is 1. The lowest BCUT2D eigenvalue weighted by Crippen LogP contribution is -2.22. The number of nitrogens with one attached hydrogen (secondary N) is 2. The molecule has 88 valence electrons. The molecule has 2 aromatic heterocycles. The first-order valence-electron chi connectivity index (χ1n) is 5.09. The summed E-state index contributed by atoms with van der Waals surface area (Å²) in [4.78, 5) is 26.4. The van der Waals surface area contributed by atoms with Crippen LogP contribution in [0.5, 0.6) is 0 Å². The molecule has 7 nitrogen and oxygen atoms in total. The van der Waals surface area contributed by atoms with E-state index in [4.69, 9.17) is 9.68 Å². The molecule has 0 spiro atoms. The van der Waals surface area contributed by atoms with Crippen molar-refractivity contribution in [3.05, 3.63) is 29.8 Å². The smallest absolute Gasteiger partial charge is 0.322 e. The van der Waals surface area contributed by atoms with Gasteiger partial charge in [-0.15, -0.1) is 0 Å². The predicted octanol–water partition coefficient (Wildman–Crippen LogP) is 0.580. The van der Waals surface area contributed by atoms with Gasteiger partial charge in [0.2, 0.25) is 0 Å². The maximum atomic E-state index is 11.5. The van der Waals surface area contributed by atoms with E-state index in [0.717, 1.165) is 0 Å². The molecule has 3 heterocycles. The molecule has 0 radical (unpaired) electrons. The molecular formula is C11H6N4O3. The van der Waals surface area contributed by atoms with E-state index in [2.05, 4.69) is 15.6 Å². The van der Waals surface area contributed by atoms with Gasteiger partial charge in [-0.1, -0.05) is 0 Å². The molecule has 18 heavy (non-hydrogen) atoms. The third-order valence-corrected chi connectivity index (χ3v) is 2.63. The Morgan fingerprint density at radius 2 is 2.28 bits per heavy atom. The highest BCUT2D eigenvalue weighted by Gasteiger charge is 2.33. The number of imide groups is 1. The maximum absolute atomic E-state index is 11.5. The Labute approximate surface area is 100 Å². The summed E-state index contributed by atoms with van der Waals surface area (Å²) < 4.78 is 5.45. The van der Waals surface area contributed by atoms with Gasteiger partial charge in [0.1, 0.15) is 17.4 Å². The van der Waals surface area contributed by atoms with Gasteiger partial charge in [0.05, 0.1) is 5.39 Å². The van der Waals surface area contributed by atoms with Gasteiger partial charge in [-0.05, 0) is 12.1 Å². The maximum Gasteiger partial charge on any atom is 0.322 e. The number of aromatic nitrogens is 1. The summed E-state index contributed by atoms with van der Waals surface area (Å²) in [5.74, 6) is -0.205. The Morgan fingerprint density at radius 1 is 1.44 bits per heavy atom. The van der Waals surface area contributed by atoms with Crippen molar-refractivity contribution in [2.45, 2.75) is 6.04 Å². The molecule has 0 bridgehead atoms. The van der Waals surface area contributed by atoms with Crippen molar-refractivity contribution in [3.8, 4) is 6.07 Å². The lowest BCUT2D eigenvalue weighted by atomic mass is 10.2. The molecule has 0 aliphatic carbocycles. The van der Waals surface area contributed by atoms with Gasteiger partial charge < -0.3 is 9.73 Å². The van der Waals surface area contributed by atoms with Crippen molar-refractivity contribution in [1.29, 1.82) is 5.26 Å². The van der Waals surface area contributed by atoms with Crippen molar-refractivity contribution in [3.63, 3.8) is 0 Å². The molecule has 2 aromatic rings. The van der Waals surface area contributed by atoms with Crippen LogP contribution < -0.4 is 10.6 Å². The van der Waals surface area contributed by atoms with Crippen LogP contribution in [0.3, 0.4) is 0 Å². The first-order valence-corrected chi connectivity index (χ1v) is 5.09. The summed E-state index contributed by atoms with van der Waals surface area (Å²) in [5.41, 5.74) is 0.665. The zero-order valence-electron chi connectivity index (χ0n) is 8.93. The van der Waals surface area contributed by atoms with Crippen LogP contribution >= 0.6 is 0 Å². The van der Waals surface area contributed by atoms with Gasteiger partial charge in [0.15, 0.2) is 11.7 Å². The number of rotatable bonds is 1. The largest absolute Gasteiger partial charge is 0.458 e. The van der Waals surface area contributed by atoms with E-state index < -0.39 is 18.0 Å². The van der Waals surface area contributed by atoms with E-state index >= 15 is 0 Å². The summed E-state index contributed by atoms with van der Waals surface area (Å²) in [5, 5.41) is 13.9. The summed E-state index contributed by atoms with van der Waals surface area (Å²) >= 11 is 0. The third-order valence-electron chi connectivity index (χ3n) is 2.63. The van der Waals surface area contributed by atoms with Crippen molar-refractivity contribution < 1.29 is 14.0 Å². The van der Waals surface area contributed by atoms with Crippen LogP contribution in [0.4, 0.5) is 4.79 Å². The first kappa shape index (κ1) is 10.3. The first-order chi connectivity index (χ1) is 8.69. The SMILES string of the molecule is N#Cc1nccc2oc(C3NC(=O)NC3=O)cc12. The van der Waals surface area contributed by atoms with E-state index in [9.17, 15) is 9.59 Å². The van der Waals surface area contributed by atoms with Crippen molar-refractivity contribution in [2.24, 2.45) is 0 Å². The summed E-state index contributed by atoms with van der Waals surface area (Å²) in [7, 11) is 0. The molecule has 3 rings (SSSR count). The Bertz CT molecular complexity index is 713. The van der Waals surface area contributed by atoms with Gasteiger partial charge in [0.25, 0.3) is 5.91 Å². The van der Waals surface area contributed by atoms with Crippen LogP contribution in [0.15, 0.2) is 22.7 Å². The number of nitriles is 1. The fraction of sp³-hybridized carbons (Fsp3) is 0.0909. The molecule has 3 amide bonds. The number of carbonyl (C=O) groups is 2. The van der Waals surface area contributed by atoms with Crippen LogP contribution in [0.25, 0.3) is 11.0 Å². The molecule has 0 saturated carbocycles. The molecule has 1 aliphatic rings. The predicted molar refractivity (Wildman–Crippen MR) is 58.1 cm³/mol. The lowest BCUT2D eigenvalue weighted by Gasteiger charge is -2.00. The second-order valence-corrected chi connectivity index (χ2v) is 3.73. The molecule has 7 heteroatoms. The number of urea groups is 1. The highest BCUT2D eigenvalue weighted by Crippen LogP contribution is 2.26. The van der Waals surface area contributed by atoms with E-state index in [0.29, 0.717) is 11.0 Å². The van der Waals surface area contributed by atoms with Crippen molar-refractivity contribution >= 4 is 22.9 Å². The highest BCUT2D eigenvalue weighted by molar-refractivity contribution is 6.04. The molecule has 0 aromatic carbocycles. The van der Waals surface area contributed by atoms with Crippen LogP contribution in [0.1, 0.15) is 17.5 Å². The Hall–Kier alpha value is -2.88. The Morgan fingerprint density at radius 3 is 2.94 bits per heavy atom. The van der Waals surface area contributed by atoms with Crippen molar-refractivity contribution in [1.82, 2.24) is 15.6 Å². The minimum atomic E-state index is -0.864. The number of hydrogen-bond donors (Lipinski definition) is 2. The third kappa shape index (κ3) is 1.40. The topological polar surface area (TPSA) is 108 Å². The van der Waals surface area contributed by atoms with Crippen molar-refractivity contribution in [2.75, 3.05) is 0 Å². The van der Waals surface area contributed by atoms with E-state index in [-0.39, 0.29) is 11.5 Å². The average molecular weight is 242 g/mol. The average Bonchev–Trinajstić information content (AvgIpc) is 2.91. The zero-order chi connectivity index (χ0) is 12.7. The number of pyridine rings is 1. The van der Waals surface area contributed by atoms with E-state index in [1.165, 1.54) is 12.3 Å². The van der Waals surface area contributed by atoms with Gasteiger partial charge in [-0.25, -0.2) is 9.78 Å². The molecule has 1 unspecified atom stereocenters.